The van der Waals surface area contributed by atoms with E-state index in [1.807, 2.05) is 0 Å². The third-order valence-corrected chi connectivity index (χ3v) is 3.77. The Morgan fingerprint density at radius 2 is 1.88 bits per heavy atom. The SMILES string of the molecule is c1cc2c(cc1CN1CCNCC1)CCNC2. The zero-order valence-corrected chi connectivity index (χ0v) is 10.3. The number of fused-ring (bicyclic) bond motifs is 1. The van der Waals surface area contributed by atoms with Gasteiger partial charge in [-0.15, -0.1) is 0 Å². The minimum atomic E-state index is 1.04. The van der Waals surface area contributed by atoms with Crippen molar-refractivity contribution in [2.45, 2.75) is 19.5 Å². The number of hydrogen-bond donors (Lipinski definition) is 2. The van der Waals surface area contributed by atoms with E-state index in [0.29, 0.717) is 0 Å². The third-order valence-electron chi connectivity index (χ3n) is 3.77. The fourth-order valence-electron chi connectivity index (χ4n) is 2.76. The van der Waals surface area contributed by atoms with Crippen molar-refractivity contribution in [2.75, 3.05) is 32.7 Å². The van der Waals surface area contributed by atoms with Gasteiger partial charge >= 0.3 is 0 Å². The smallest absolute Gasteiger partial charge is 0.0234 e. The lowest BCUT2D eigenvalue weighted by Crippen LogP contribution is -2.42. The summed E-state index contributed by atoms with van der Waals surface area (Å²) in [6.45, 7) is 7.91. The van der Waals surface area contributed by atoms with Gasteiger partial charge in [-0.3, -0.25) is 4.90 Å². The summed E-state index contributed by atoms with van der Waals surface area (Å²) in [5.74, 6) is 0. The van der Waals surface area contributed by atoms with Crippen LogP contribution in [0.1, 0.15) is 16.7 Å². The maximum atomic E-state index is 3.42. The maximum Gasteiger partial charge on any atom is 0.0234 e. The van der Waals surface area contributed by atoms with Crippen LogP contribution in [-0.2, 0) is 19.5 Å². The van der Waals surface area contributed by atoms with Crippen molar-refractivity contribution >= 4 is 0 Å². The average Bonchev–Trinajstić information content (AvgIpc) is 2.40. The van der Waals surface area contributed by atoms with E-state index in [4.69, 9.17) is 0 Å². The summed E-state index contributed by atoms with van der Waals surface area (Å²) in [4.78, 5) is 2.54. The molecule has 1 aromatic rings. The highest BCUT2D eigenvalue weighted by molar-refractivity contribution is 5.33. The summed E-state index contributed by atoms with van der Waals surface area (Å²) in [6, 6.07) is 7.02. The Morgan fingerprint density at radius 1 is 1.00 bits per heavy atom. The van der Waals surface area contributed by atoms with Crippen LogP contribution < -0.4 is 10.6 Å². The van der Waals surface area contributed by atoms with Crippen molar-refractivity contribution < 1.29 is 0 Å². The fourth-order valence-corrected chi connectivity index (χ4v) is 2.76. The number of nitrogens with one attached hydrogen (secondary N) is 2. The fraction of sp³-hybridized carbons (Fsp3) is 0.571. The first-order valence-corrected chi connectivity index (χ1v) is 6.66. The van der Waals surface area contributed by atoms with Crippen molar-refractivity contribution in [3.8, 4) is 0 Å². The lowest BCUT2D eigenvalue weighted by atomic mass is 9.98. The number of benzene rings is 1. The van der Waals surface area contributed by atoms with Crippen molar-refractivity contribution in [1.29, 1.82) is 0 Å². The average molecular weight is 231 g/mol. The molecule has 0 atom stereocenters. The van der Waals surface area contributed by atoms with Crippen LogP contribution in [0.5, 0.6) is 0 Å². The Balaban J connectivity index is 1.70. The van der Waals surface area contributed by atoms with E-state index < -0.39 is 0 Å². The molecule has 2 N–H and O–H groups in total. The molecule has 92 valence electrons. The van der Waals surface area contributed by atoms with Gasteiger partial charge in [0.15, 0.2) is 0 Å². The molecular weight excluding hydrogens is 210 g/mol. The summed E-state index contributed by atoms with van der Waals surface area (Å²) in [5, 5.41) is 6.82. The van der Waals surface area contributed by atoms with Crippen LogP contribution in [0.25, 0.3) is 0 Å². The molecule has 3 heteroatoms. The number of piperazine rings is 1. The van der Waals surface area contributed by atoms with Crippen LogP contribution >= 0.6 is 0 Å². The monoisotopic (exact) mass is 231 g/mol. The third kappa shape index (κ3) is 2.68. The first-order chi connectivity index (χ1) is 8.42. The molecule has 3 nitrogen and oxygen atoms in total. The number of nitrogens with zero attached hydrogens (tertiary/aromatic N) is 1. The molecule has 0 amide bonds. The number of hydrogen-bond acceptors (Lipinski definition) is 3. The van der Waals surface area contributed by atoms with Crippen LogP contribution in [0.4, 0.5) is 0 Å². The molecule has 0 aliphatic carbocycles. The van der Waals surface area contributed by atoms with Crippen LogP contribution in [0.2, 0.25) is 0 Å². The predicted molar refractivity (Wildman–Crippen MR) is 70.0 cm³/mol. The van der Waals surface area contributed by atoms with E-state index in [1.54, 1.807) is 5.56 Å². The van der Waals surface area contributed by atoms with Gasteiger partial charge in [0.1, 0.15) is 0 Å². The largest absolute Gasteiger partial charge is 0.314 e. The Labute approximate surface area is 103 Å². The Morgan fingerprint density at radius 3 is 2.76 bits per heavy atom. The van der Waals surface area contributed by atoms with Gasteiger partial charge in [-0.1, -0.05) is 18.2 Å². The Kier molecular flexibility index (Phi) is 3.41. The second kappa shape index (κ2) is 5.17. The molecule has 1 saturated heterocycles. The molecule has 0 saturated carbocycles. The molecule has 0 unspecified atom stereocenters. The molecule has 1 aromatic carbocycles. The van der Waals surface area contributed by atoms with Gasteiger partial charge in [-0.2, -0.15) is 0 Å². The van der Waals surface area contributed by atoms with Gasteiger partial charge in [0, 0.05) is 39.3 Å². The predicted octanol–water partition coefficient (Wildman–Crippen LogP) is 0.738. The van der Waals surface area contributed by atoms with Crippen LogP contribution in [0, 0.1) is 0 Å². The molecule has 2 aliphatic heterocycles. The summed E-state index contributed by atoms with van der Waals surface area (Å²) >= 11 is 0. The molecule has 17 heavy (non-hydrogen) atoms. The maximum absolute atomic E-state index is 3.42. The normalized spacial score (nSPS) is 21.2. The van der Waals surface area contributed by atoms with Gasteiger partial charge in [0.25, 0.3) is 0 Å². The molecule has 2 aliphatic rings. The molecule has 0 radical (unpaired) electrons. The van der Waals surface area contributed by atoms with E-state index in [-0.39, 0.29) is 0 Å². The lowest BCUT2D eigenvalue weighted by molar-refractivity contribution is 0.233. The standard InChI is InChI=1S/C14H21N3/c1-2-14-10-16-4-3-13(14)9-12(1)11-17-7-5-15-6-8-17/h1-2,9,15-16H,3-8,10-11H2. The lowest BCUT2D eigenvalue weighted by Gasteiger charge is -2.27. The van der Waals surface area contributed by atoms with Gasteiger partial charge in [0.05, 0.1) is 0 Å². The zero-order valence-electron chi connectivity index (χ0n) is 10.3. The van der Waals surface area contributed by atoms with E-state index in [9.17, 15) is 0 Å². The van der Waals surface area contributed by atoms with Gasteiger partial charge in [0.2, 0.25) is 0 Å². The van der Waals surface area contributed by atoms with Gasteiger partial charge in [-0.05, 0) is 29.7 Å². The van der Waals surface area contributed by atoms with E-state index >= 15 is 0 Å². The van der Waals surface area contributed by atoms with E-state index in [0.717, 1.165) is 32.7 Å². The van der Waals surface area contributed by atoms with Crippen LogP contribution in [-0.4, -0.2) is 37.6 Å². The zero-order chi connectivity index (χ0) is 11.5. The van der Waals surface area contributed by atoms with E-state index in [2.05, 4.69) is 33.7 Å². The van der Waals surface area contributed by atoms with Crippen LogP contribution in [0.3, 0.4) is 0 Å². The van der Waals surface area contributed by atoms with Crippen molar-refractivity contribution in [2.24, 2.45) is 0 Å². The van der Waals surface area contributed by atoms with Crippen molar-refractivity contribution in [3.05, 3.63) is 34.9 Å². The molecule has 3 rings (SSSR count). The number of rotatable bonds is 2. The molecule has 2 heterocycles. The summed E-state index contributed by atoms with van der Waals surface area (Å²) < 4.78 is 0. The summed E-state index contributed by atoms with van der Waals surface area (Å²) in [5.41, 5.74) is 4.52. The highest BCUT2D eigenvalue weighted by atomic mass is 15.2. The first kappa shape index (κ1) is 11.2. The molecule has 0 spiro atoms. The minimum absolute atomic E-state index is 1.04. The second-order valence-corrected chi connectivity index (χ2v) is 5.06. The molecule has 0 aromatic heterocycles. The summed E-state index contributed by atoms with van der Waals surface area (Å²) in [7, 11) is 0. The molecular formula is C14H21N3. The van der Waals surface area contributed by atoms with Crippen LogP contribution in [0.15, 0.2) is 18.2 Å². The van der Waals surface area contributed by atoms with Crippen molar-refractivity contribution in [1.82, 2.24) is 15.5 Å². The van der Waals surface area contributed by atoms with Gasteiger partial charge in [-0.25, -0.2) is 0 Å². The summed E-state index contributed by atoms with van der Waals surface area (Å²) in [6.07, 6.45) is 1.19. The Hall–Kier alpha value is -0.900. The second-order valence-electron chi connectivity index (χ2n) is 5.06. The van der Waals surface area contributed by atoms with Gasteiger partial charge < -0.3 is 10.6 Å². The molecule has 1 fully saturated rings. The topological polar surface area (TPSA) is 27.3 Å². The minimum Gasteiger partial charge on any atom is -0.314 e. The Bertz CT molecular complexity index is 383. The first-order valence-electron chi connectivity index (χ1n) is 6.66. The highest BCUT2D eigenvalue weighted by Gasteiger charge is 2.12. The molecule has 0 bridgehead atoms. The highest BCUT2D eigenvalue weighted by Crippen LogP contribution is 2.17. The van der Waals surface area contributed by atoms with Crippen molar-refractivity contribution in [3.63, 3.8) is 0 Å². The van der Waals surface area contributed by atoms with E-state index in [1.165, 1.54) is 30.6 Å². The quantitative estimate of drug-likeness (QED) is 0.786.